The lowest BCUT2D eigenvalue weighted by molar-refractivity contribution is -0.389. The fourth-order valence-corrected chi connectivity index (χ4v) is 15.0. The summed E-state index contributed by atoms with van der Waals surface area (Å²) in [5.74, 6) is -0.310. The number of hydrogen-bond acceptors (Lipinski definition) is 23. The summed E-state index contributed by atoms with van der Waals surface area (Å²) >= 11 is 0. The average molecular weight is 1070 g/mol. The molecule has 9 aliphatic rings. The summed E-state index contributed by atoms with van der Waals surface area (Å²) < 4.78 is 54.4. The van der Waals surface area contributed by atoms with Gasteiger partial charge in [-0.25, -0.2) is 0 Å². The normalized spacial score (nSPS) is 54.9. The zero-order valence-electron chi connectivity index (χ0n) is 42.9. The van der Waals surface area contributed by atoms with Crippen LogP contribution in [0.2, 0.25) is 0 Å². The monoisotopic (exact) mass is 1060 g/mol. The first kappa shape index (κ1) is 57.5. The summed E-state index contributed by atoms with van der Waals surface area (Å²) in [6.07, 6.45) is -22.1. The molecular formula is C51H84O23. The highest BCUT2D eigenvalue weighted by Crippen LogP contribution is 2.70. The second-order valence-corrected chi connectivity index (χ2v) is 23.8. The van der Waals surface area contributed by atoms with Crippen LogP contribution in [0.4, 0.5) is 0 Å². The molecule has 18 unspecified atom stereocenters. The zero-order valence-corrected chi connectivity index (χ0v) is 42.9. The van der Waals surface area contributed by atoms with Gasteiger partial charge in [-0.3, -0.25) is 0 Å². The minimum atomic E-state index is -1.85. The second-order valence-electron chi connectivity index (χ2n) is 23.8. The van der Waals surface area contributed by atoms with Crippen molar-refractivity contribution in [3.05, 3.63) is 11.6 Å². The molecule has 74 heavy (non-hydrogen) atoms. The van der Waals surface area contributed by atoms with Crippen molar-refractivity contribution >= 4 is 0 Å². The van der Waals surface area contributed by atoms with E-state index in [4.69, 9.17) is 42.6 Å². The molecule has 23 nitrogen and oxygen atoms in total. The summed E-state index contributed by atoms with van der Waals surface area (Å²) in [4.78, 5) is 0. The van der Waals surface area contributed by atoms with Gasteiger partial charge in [0.05, 0.1) is 44.7 Å². The summed E-state index contributed by atoms with van der Waals surface area (Å²) in [5.41, 5.74) is 1.02. The van der Waals surface area contributed by atoms with Gasteiger partial charge in [-0.2, -0.15) is 0 Å². The Morgan fingerprint density at radius 3 is 1.86 bits per heavy atom. The molecule has 3 saturated carbocycles. The number of ether oxygens (including phenoxy) is 9. The third-order valence-corrected chi connectivity index (χ3v) is 19.5. The summed E-state index contributed by atoms with van der Waals surface area (Å²) in [6.45, 7) is 8.35. The Bertz CT molecular complexity index is 1920. The van der Waals surface area contributed by atoms with Crippen LogP contribution in [-0.2, 0) is 42.6 Å². The Morgan fingerprint density at radius 2 is 1.22 bits per heavy atom. The Labute approximate surface area is 430 Å². The molecule has 31 atom stereocenters. The molecule has 4 aliphatic carbocycles. The lowest BCUT2D eigenvalue weighted by Gasteiger charge is -2.58. The summed E-state index contributed by atoms with van der Waals surface area (Å²) in [6, 6.07) is 0. The van der Waals surface area contributed by atoms with Crippen LogP contribution in [0.1, 0.15) is 92.4 Å². The highest BCUT2D eigenvalue weighted by molar-refractivity contribution is 5.26. The molecule has 0 amide bonds. The molecule has 0 aromatic rings. The van der Waals surface area contributed by atoms with Crippen LogP contribution < -0.4 is 0 Å². The fourth-order valence-electron chi connectivity index (χ4n) is 15.0. The van der Waals surface area contributed by atoms with Crippen LogP contribution in [0.15, 0.2) is 11.6 Å². The Hall–Kier alpha value is -1.18. The van der Waals surface area contributed by atoms with Gasteiger partial charge in [-0.1, -0.05) is 39.3 Å². The lowest BCUT2D eigenvalue weighted by atomic mass is 9.47. The molecule has 0 bridgehead atoms. The minimum absolute atomic E-state index is 0.0705. The maximum absolute atomic E-state index is 12.1. The van der Waals surface area contributed by atoms with E-state index >= 15 is 0 Å². The Balaban J connectivity index is 0.849. The van der Waals surface area contributed by atoms with E-state index in [9.17, 15) is 71.5 Å². The number of aliphatic hydroxyl groups excluding tert-OH is 13. The predicted octanol–water partition coefficient (Wildman–Crippen LogP) is -3.01. The maximum atomic E-state index is 12.1. The zero-order chi connectivity index (χ0) is 53.5. The van der Waals surface area contributed by atoms with E-state index in [1.54, 1.807) is 0 Å². The van der Waals surface area contributed by atoms with Gasteiger partial charge in [-0.05, 0) is 98.7 Å². The molecule has 8 fully saturated rings. The summed E-state index contributed by atoms with van der Waals surface area (Å²) in [7, 11) is 0. The molecule has 23 heteroatoms. The number of rotatable bonds is 15. The minimum Gasteiger partial charge on any atom is -0.394 e. The molecule has 5 aliphatic heterocycles. The largest absolute Gasteiger partial charge is 0.394 e. The molecule has 0 spiro atoms. The first-order chi connectivity index (χ1) is 35.0. The molecule has 0 aromatic heterocycles. The Morgan fingerprint density at radius 1 is 0.635 bits per heavy atom. The van der Waals surface area contributed by atoms with Gasteiger partial charge in [0.15, 0.2) is 30.9 Å². The van der Waals surface area contributed by atoms with Gasteiger partial charge in [0.2, 0.25) is 0 Å². The topological polar surface area (TPSA) is 366 Å². The predicted molar refractivity (Wildman–Crippen MR) is 250 cm³/mol. The van der Waals surface area contributed by atoms with Crippen molar-refractivity contribution in [2.24, 2.45) is 46.3 Å². The van der Waals surface area contributed by atoms with Crippen molar-refractivity contribution in [1.29, 1.82) is 0 Å². The number of fused-ring (bicyclic) bond motifs is 7. The smallest absolute Gasteiger partial charge is 0.187 e. The molecule has 426 valence electrons. The molecular weight excluding hydrogens is 981 g/mol. The van der Waals surface area contributed by atoms with Crippen molar-refractivity contribution in [3.8, 4) is 0 Å². The van der Waals surface area contributed by atoms with E-state index in [1.807, 2.05) is 6.92 Å². The molecule has 9 rings (SSSR count). The second kappa shape index (κ2) is 22.4. The van der Waals surface area contributed by atoms with Gasteiger partial charge < -0.3 is 114 Å². The van der Waals surface area contributed by atoms with E-state index in [2.05, 4.69) is 26.8 Å². The van der Waals surface area contributed by atoms with E-state index in [-0.39, 0.29) is 41.3 Å². The molecule has 0 aromatic carbocycles. The van der Waals surface area contributed by atoms with Gasteiger partial charge >= 0.3 is 0 Å². The fraction of sp³-hybridized carbons (Fsp3) is 0.961. The van der Waals surface area contributed by atoms with Crippen LogP contribution in [-0.4, -0.2) is 239 Å². The van der Waals surface area contributed by atoms with Crippen molar-refractivity contribution < 1.29 is 114 Å². The van der Waals surface area contributed by atoms with Crippen molar-refractivity contribution in [2.45, 2.75) is 233 Å². The summed E-state index contributed by atoms with van der Waals surface area (Å²) in [5, 5.41) is 148. The Kier molecular flexibility index (Phi) is 17.4. The molecule has 5 saturated heterocycles. The van der Waals surface area contributed by atoms with E-state index in [1.165, 1.54) is 12.5 Å². The van der Waals surface area contributed by atoms with Gasteiger partial charge in [0.1, 0.15) is 91.6 Å². The molecule has 5 heterocycles. The SMILES string of the molecule is CC1OC(O[C@@H]2C(O[C@H]3CC[C@@]4(C)C(=CCC5C6CC7OC(O)(CC[C@H](C)COC8OC(CO)C(O)[C@@H](O)[C@@H]8O)[C@@H](C)C7[C@@]6(C)CCC54)C3)OC(CO)C(OC3OC(CO)C(O)[C@@H](O)[C@@H]3O)[C@H]2O)[C@@H](O)[C@@H](O)C1O. The average Bonchev–Trinajstić information content (AvgIpc) is 3.82. The van der Waals surface area contributed by atoms with E-state index in [0.29, 0.717) is 43.4 Å². The van der Waals surface area contributed by atoms with E-state index in [0.717, 1.165) is 32.1 Å². The lowest BCUT2D eigenvalue weighted by Crippen LogP contribution is -2.67. The van der Waals surface area contributed by atoms with Gasteiger partial charge in [0, 0.05) is 12.3 Å². The van der Waals surface area contributed by atoms with Crippen LogP contribution in [0.3, 0.4) is 0 Å². The number of hydrogen-bond donors (Lipinski definition) is 14. The van der Waals surface area contributed by atoms with Crippen LogP contribution in [0.25, 0.3) is 0 Å². The highest BCUT2D eigenvalue weighted by atomic mass is 16.8. The maximum Gasteiger partial charge on any atom is 0.187 e. The van der Waals surface area contributed by atoms with Crippen LogP contribution in [0.5, 0.6) is 0 Å². The van der Waals surface area contributed by atoms with Gasteiger partial charge in [0.25, 0.3) is 0 Å². The quantitative estimate of drug-likeness (QED) is 0.0727. The molecule has 0 radical (unpaired) electrons. The number of allylic oxidation sites excluding steroid dienone is 1. The first-order valence-electron chi connectivity index (χ1n) is 26.9. The van der Waals surface area contributed by atoms with E-state index < -0.39 is 155 Å². The first-order valence-corrected chi connectivity index (χ1v) is 26.9. The van der Waals surface area contributed by atoms with Crippen LogP contribution >= 0.6 is 0 Å². The molecule has 14 N–H and O–H groups in total. The standard InChI is InChI=1S/C51H84O23/c1-20(19-66-45-39(61)37(59)34(56)29(16-52)69-45)8-13-51(65)21(2)32-28(74-51)15-27-25-7-6-23-14-24(9-11-49(23,4)26(25)10-12-50(27,32)5)68-48-44(73-46-40(62)36(58)33(55)22(3)67-46)42(64)43(31(18-54)71-48)72-47-41(63)38(60)35(57)30(17-53)70-47/h6,20-22,24-48,52-65H,7-19H2,1-5H3/t20-,21-,22?,24-,25?,26?,27?,28?,29?,30?,31?,32?,33?,34?,35?,36-,37+,38+,39-,40-,41-,42+,43?,44-,45?,46?,47?,48?,49-,50-,51?/m0/s1. The van der Waals surface area contributed by atoms with Crippen molar-refractivity contribution in [2.75, 3.05) is 26.4 Å². The number of aliphatic hydroxyl groups is 14. The van der Waals surface area contributed by atoms with Crippen LogP contribution in [0, 0.1) is 46.3 Å². The van der Waals surface area contributed by atoms with Crippen molar-refractivity contribution in [3.63, 3.8) is 0 Å². The van der Waals surface area contributed by atoms with Crippen molar-refractivity contribution in [1.82, 2.24) is 0 Å². The third-order valence-electron chi connectivity index (χ3n) is 19.5. The highest BCUT2D eigenvalue weighted by Gasteiger charge is 2.68. The van der Waals surface area contributed by atoms with Gasteiger partial charge in [-0.15, -0.1) is 0 Å². The third kappa shape index (κ3) is 10.2.